The first-order valence-electron chi connectivity index (χ1n) is 5.89. The molecule has 0 heterocycles. The Labute approximate surface area is 126 Å². The Hall–Kier alpha value is -1.39. The lowest BCUT2D eigenvalue weighted by Crippen LogP contribution is -2.40. The molecule has 0 aliphatic rings. The van der Waals surface area contributed by atoms with Crippen molar-refractivity contribution in [2.24, 2.45) is 0 Å². The number of halogens is 4. The van der Waals surface area contributed by atoms with Crippen LogP contribution in [0.3, 0.4) is 0 Å². The third-order valence-electron chi connectivity index (χ3n) is 2.80. The Morgan fingerprint density at radius 2 is 1.68 bits per heavy atom. The van der Waals surface area contributed by atoms with Gasteiger partial charge in [-0.3, -0.25) is 0 Å². The van der Waals surface area contributed by atoms with Crippen LogP contribution >= 0.6 is 12.0 Å². The fourth-order valence-electron chi connectivity index (χ4n) is 1.78. The van der Waals surface area contributed by atoms with Crippen LogP contribution in [0.25, 0.3) is 10.8 Å². The number of hydrogen-bond acceptors (Lipinski definition) is 5. The summed E-state index contributed by atoms with van der Waals surface area (Å²) in [5.41, 5.74) is 0.331. The van der Waals surface area contributed by atoms with Crippen molar-refractivity contribution in [1.82, 2.24) is 0 Å². The van der Waals surface area contributed by atoms with Crippen LogP contribution in [0.5, 0.6) is 0 Å². The standard InChI is InChI=1S/C13H10F4O4S/c14-12(15,13(16,17)22-21-20-18)19-8-10-6-3-5-9-4-1-2-7-11(9)10/h1-7,18H,8H2. The molecule has 9 heteroatoms. The van der Waals surface area contributed by atoms with Crippen LogP contribution in [-0.2, 0) is 20.7 Å². The van der Waals surface area contributed by atoms with E-state index < -0.39 is 30.0 Å². The molecule has 4 nitrogen and oxygen atoms in total. The molecule has 0 saturated heterocycles. The van der Waals surface area contributed by atoms with E-state index in [-0.39, 0.29) is 0 Å². The van der Waals surface area contributed by atoms with Crippen LogP contribution in [0.15, 0.2) is 42.5 Å². The first-order valence-corrected chi connectivity index (χ1v) is 6.64. The van der Waals surface area contributed by atoms with Crippen molar-refractivity contribution in [2.45, 2.75) is 18.0 Å². The van der Waals surface area contributed by atoms with Gasteiger partial charge in [0.05, 0.1) is 6.61 Å². The smallest absolute Gasteiger partial charge is 0.310 e. The Kier molecular flexibility index (Phi) is 5.24. The number of benzene rings is 2. The Morgan fingerprint density at radius 1 is 1.00 bits per heavy atom. The number of rotatable bonds is 7. The third kappa shape index (κ3) is 3.68. The van der Waals surface area contributed by atoms with Crippen LogP contribution in [0.2, 0.25) is 0 Å². The van der Waals surface area contributed by atoms with Crippen molar-refractivity contribution in [2.75, 3.05) is 0 Å². The van der Waals surface area contributed by atoms with Crippen molar-refractivity contribution < 1.29 is 36.9 Å². The van der Waals surface area contributed by atoms with Gasteiger partial charge in [-0.05, 0) is 16.3 Å². The average molecular weight is 338 g/mol. The van der Waals surface area contributed by atoms with E-state index in [0.29, 0.717) is 10.9 Å². The SMILES string of the molecule is OOOSC(F)(F)C(F)(F)OCc1cccc2ccccc12. The van der Waals surface area contributed by atoms with Gasteiger partial charge in [0.1, 0.15) is 12.0 Å². The van der Waals surface area contributed by atoms with E-state index in [2.05, 4.69) is 14.1 Å². The van der Waals surface area contributed by atoms with Gasteiger partial charge in [-0.25, -0.2) is 5.26 Å². The monoisotopic (exact) mass is 338 g/mol. The summed E-state index contributed by atoms with van der Waals surface area (Å²) in [6.45, 7) is -0.732. The maximum atomic E-state index is 13.4. The molecule has 0 aliphatic heterocycles. The van der Waals surface area contributed by atoms with Crippen LogP contribution in [0.4, 0.5) is 17.6 Å². The second kappa shape index (κ2) is 6.80. The Bertz CT molecular complexity index is 633. The minimum Gasteiger partial charge on any atom is -0.310 e. The van der Waals surface area contributed by atoms with Crippen molar-refractivity contribution in [1.29, 1.82) is 0 Å². The van der Waals surface area contributed by atoms with Crippen LogP contribution in [0, 0.1) is 0 Å². The molecule has 0 bridgehead atoms. The van der Waals surface area contributed by atoms with Crippen molar-refractivity contribution >= 4 is 22.8 Å². The molecule has 22 heavy (non-hydrogen) atoms. The lowest BCUT2D eigenvalue weighted by atomic mass is 10.1. The summed E-state index contributed by atoms with van der Waals surface area (Å²) >= 11 is -1.06. The summed E-state index contributed by atoms with van der Waals surface area (Å²) in [4.78, 5) is 0. The second-order valence-corrected chi connectivity index (χ2v) is 5.00. The topological polar surface area (TPSA) is 47.9 Å². The summed E-state index contributed by atoms with van der Waals surface area (Å²) in [6, 6.07) is 11.7. The number of ether oxygens (including phenoxy) is 1. The number of hydrogen-bond donors (Lipinski definition) is 1. The second-order valence-electron chi connectivity index (χ2n) is 4.19. The molecule has 0 aliphatic carbocycles. The lowest BCUT2D eigenvalue weighted by molar-refractivity contribution is -0.435. The van der Waals surface area contributed by atoms with Crippen molar-refractivity contribution in [3.05, 3.63) is 48.0 Å². The molecule has 0 spiro atoms. The largest absolute Gasteiger partial charge is 0.432 e. The molecule has 0 unspecified atom stereocenters. The normalized spacial score (nSPS) is 12.8. The average Bonchev–Trinajstić information content (AvgIpc) is 2.50. The third-order valence-corrected chi connectivity index (χ3v) is 3.37. The van der Waals surface area contributed by atoms with Crippen LogP contribution in [-0.4, -0.2) is 16.6 Å². The molecule has 0 aromatic heterocycles. The maximum Gasteiger partial charge on any atom is 0.432 e. The summed E-state index contributed by atoms with van der Waals surface area (Å²) in [7, 11) is 0. The van der Waals surface area contributed by atoms with E-state index in [1.54, 1.807) is 36.4 Å². The molecule has 0 atom stereocenters. The molecule has 0 radical (unpaired) electrons. The molecular weight excluding hydrogens is 328 g/mol. The zero-order chi connectivity index (χ0) is 16.2. The predicted octanol–water partition coefficient (Wildman–Crippen LogP) is 4.61. The van der Waals surface area contributed by atoms with Crippen LogP contribution < -0.4 is 0 Å². The summed E-state index contributed by atoms with van der Waals surface area (Å²) in [6.07, 6.45) is -4.83. The van der Waals surface area contributed by atoms with Gasteiger partial charge in [0, 0.05) is 0 Å². The predicted molar refractivity (Wildman–Crippen MR) is 71.0 cm³/mol. The highest BCUT2D eigenvalue weighted by Crippen LogP contribution is 2.45. The maximum absolute atomic E-state index is 13.4. The highest BCUT2D eigenvalue weighted by Gasteiger charge is 2.60. The molecular formula is C13H10F4O4S. The minimum absolute atomic E-state index is 0.331. The van der Waals surface area contributed by atoms with E-state index in [1.807, 2.05) is 0 Å². The number of fused-ring (bicyclic) bond motifs is 1. The first kappa shape index (κ1) is 17.0. The molecule has 0 saturated carbocycles. The van der Waals surface area contributed by atoms with Crippen molar-refractivity contribution in [3.63, 3.8) is 0 Å². The lowest BCUT2D eigenvalue weighted by Gasteiger charge is -2.23. The molecule has 120 valence electrons. The van der Waals surface area contributed by atoms with Crippen molar-refractivity contribution in [3.8, 4) is 0 Å². The quantitative estimate of drug-likeness (QED) is 0.346. The van der Waals surface area contributed by atoms with E-state index in [9.17, 15) is 17.6 Å². The van der Waals surface area contributed by atoms with Gasteiger partial charge >= 0.3 is 11.4 Å². The van der Waals surface area contributed by atoms with Gasteiger partial charge in [-0.15, -0.1) is 4.33 Å². The fraction of sp³-hybridized carbons (Fsp3) is 0.231. The van der Waals surface area contributed by atoms with Gasteiger partial charge in [0.15, 0.2) is 0 Å². The molecule has 2 aromatic rings. The van der Waals surface area contributed by atoms with E-state index in [1.165, 1.54) is 6.07 Å². The zero-order valence-corrected chi connectivity index (χ0v) is 11.7. The van der Waals surface area contributed by atoms with Gasteiger partial charge < -0.3 is 4.74 Å². The summed E-state index contributed by atoms with van der Waals surface area (Å²) in [5, 5.41) is 7.28. The molecule has 2 rings (SSSR count). The van der Waals surface area contributed by atoms with Gasteiger partial charge in [0.25, 0.3) is 0 Å². The molecule has 0 amide bonds. The zero-order valence-electron chi connectivity index (χ0n) is 10.8. The van der Waals surface area contributed by atoms with E-state index >= 15 is 0 Å². The summed E-state index contributed by atoms with van der Waals surface area (Å²) < 4.78 is 60.6. The molecule has 1 N–H and O–H groups in total. The number of alkyl halides is 4. The molecule has 2 aromatic carbocycles. The first-order chi connectivity index (χ1) is 10.4. The summed E-state index contributed by atoms with van der Waals surface area (Å²) in [5.74, 6) is 0. The van der Waals surface area contributed by atoms with Gasteiger partial charge in [-0.2, -0.15) is 17.6 Å². The Balaban J connectivity index is 2.13. The van der Waals surface area contributed by atoms with Gasteiger partial charge in [0.2, 0.25) is 0 Å². The highest BCUT2D eigenvalue weighted by molar-refractivity contribution is 7.95. The molecule has 0 fully saturated rings. The van der Waals surface area contributed by atoms with E-state index in [0.717, 1.165) is 5.39 Å². The highest BCUT2D eigenvalue weighted by atomic mass is 32.2. The van der Waals surface area contributed by atoms with Gasteiger partial charge in [-0.1, -0.05) is 47.5 Å². The minimum atomic E-state index is -4.83. The van der Waals surface area contributed by atoms with E-state index in [4.69, 9.17) is 5.26 Å². The fourth-order valence-corrected chi connectivity index (χ4v) is 2.05. The van der Waals surface area contributed by atoms with Crippen LogP contribution in [0.1, 0.15) is 5.56 Å². The Morgan fingerprint density at radius 3 is 2.41 bits per heavy atom.